The van der Waals surface area contributed by atoms with Crippen molar-refractivity contribution < 1.29 is 9.53 Å². The third-order valence-electron chi connectivity index (χ3n) is 3.44. The number of hydrogen-bond donors (Lipinski definition) is 0. The maximum atomic E-state index is 12.3. The molecule has 0 unspecified atom stereocenters. The molecule has 0 bridgehead atoms. The first-order chi connectivity index (χ1) is 12.1. The Kier molecular flexibility index (Phi) is 5.50. The molecule has 0 spiro atoms. The van der Waals surface area contributed by atoms with Crippen LogP contribution < -0.4 is 5.56 Å². The van der Waals surface area contributed by atoms with Crippen molar-refractivity contribution in [2.75, 3.05) is 6.61 Å². The monoisotopic (exact) mass is 375 g/mol. The summed E-state index contributed by atoms with van der Waals surface area (Å²) in [7, 11) is 0. The molecule has 3 heterocycles. The van der Waals surface area contributed by atoms with E-state index in [0.29, 0.717) is 29.4 Å². The molecule has 0 aromatic carbocycles. The van der Waals surface area contributed by atoms with Gasteiger partial charge in [0.25, 0.3) is 5.56 Å². The highest BCUT2D eigenvalue weighted by atomic mass is 32.2. The maximum absolute atomic E-state index is 12.3. The summed E-state index contributed by atoms with van der Waals surface area (Å²) in [4.78, 5) is 32.7. The summed E-state index contributed by atoms with van der Waals surface area (Å²) in [5.41, 5.74) is 2.83. The lowest BCUT2D eigenvalue weighted by atomic mass is 10.3. The van der Waals surface area contributed by atoms with E-state index in [1.807, 2.05) is 30.5 Å². The van der Waals surface area contributed by atoms with Crippen molar-refractivity contribution in [3.05, 3.63) is 57.1 Å². The standard InChI is InChI=1S/C17H17N3O3S2/c1-3-23-16(22)8-13-10-25-17(19-13)24-9-12-7-15(21)20-11(2)5-4-6-14(20)18-12/h4-7,10H,3,8-9H2,1-2H3. The molecule has 0 amide bonds. The maximum Gasteiger partial charge on any atom is 0.311 e. The van der Waals surface area contributed by atoms with Crippen molar-refractivity contribution >= 4 is 34.7 Å². The molecule has 0 aliphatic heterocycles. The van der Waals surface area contributed by atoms with E-state index in [4.69, 9.17) is 4.74 Å². The number of aryl methyl sites for hydroxylation is 1. The lowest BCUT2D eigenvalue weighted by Gasteiger charge is -2.05. The molecule has 3 aromatic heterocycles. The van der Waals surface area contributed by atoms with E-state index in [2.05, 4.69) is 9.97 Å². The fourth-order valence-electron chi connectivity index (χ4n) is 2.37. The van der Waals surface area contributed by atoms with E-state index in [9.17, 15) is 9.59 Å². The topological polar surface area (TPSA) is 73.6 Å². The number of carbonyl (C=O) groups excluding carboxylic acids is 1. The zero-order valence-corrected chi connectivity index (χ0v) is 15.5. The summed E-state index contributed by atoms with van der Waals surface area (Å²) in [6, 6.07) is 7.14. The quantitative estimate of drug-likeness (QED) is 0.487. The van der Waals surface area contributed by atoms with E-state index >= 15 is 0 Å². The zero-order valence-electron chi connectivity index (χ0n) is 13.9. The van der Waals surface area contributed by atoms with Gasteiger partial charge in [-0.15, -0.1) is 11.3 Å². The SMILES string of the molecule is CCOC(=O)Cc1csc(SCc2cc(=O)n3c(C)cccc3n2)n1. The van der Waals surface area contributed by atoms with Gasteiger partial charge in [0, 0.05) is 22.9 Å². The van der Waals surface area contributed by atoms with Crippen molar-refractivity contribution in [3.8, 4) is 0 Å². The summed E-state index contributed by atoms with van der Waals surface area (Å²) in [5.74, 6) is 0.274. The van der Waals surface area contributed by atoms with Gasteiger partial charge in [-0.25, -0.2) is 9.97 Å². The average molecular weight is 375 g/mol. The van der Waals surface area contributed by atoms with Crippen LogP contribution in [0.3, 0.4) is 0 Å². The molecule has 130 valence electrons. The Morgan fingerprint density at radius 2 is 2.16 bits per heavy atom. The zero-order chi connectivity index (χ0) is 17.8. The molecule has 0 saturated carbocycles. The second kappa shape index (κ2) is 7.79. The molecule has 0 N–H and O–H groups in total. The minimum absolute atomic E-state index is 0.0826. The third-order valence-corrected chi connectivity index (χ3v) is 5.54. The van der Waals surface area contributed by atoms with Crippen LogP contribution in [-0.2, 0) is 21.7 Å². The molecular weight excluding hydrogens is 358 g/mol. The molecular formula is C17H17N3O3S2. The van der Waals surface area contributed by atoms with Gasteiger partial charge in [0.2, 0.25) is 0 Å². The number of thiazole rings is 1. The predicted octanol–water partition coefficient (Wildman–Crippen LogP) is 2.86. The molecule has 0 radical (unpaired) electrons. The van der Waals surface area contributed by atoms with Gasteiger partial charge in [-0.3, -0.25) is 14.0 Å². The summed E-state index contributed by atoms with van der Waals surface area (Å²) in [6.07, 6.45) is 0.180. The molecule has 6 nitrogen and oxygen atoms in total. The van der Waals surface area contributed by atoms with Crippen LogP contribution in [0, 0.1) is 6.92 Å². The Balaban J connectivity index is 1.70. The van der Waals surface area contributed by atoms with Crippen LogP contribution in [0.4, 0.5) is 0 Å². The van der Waals surface area contributed by atoms with Gasteiger partial charge in [0.05, 0.1) is 24.4 Å². The summed E-state index contributed by atoms with van der Waals surface area (Å²) in [6.45, 7) is 4.03. The largest absolute Gasteiger partial charge is 0.466 e. The first-order valence-corrected chi connectivity index (χ1v) is 9.64. The molecule has 0 aliphatic rings. The van der Waals surface area contributed by atoms with Gasteiger partial charge in [0.15, 0.2) is 4.34 Å². The number of carbonyl (C=O) groups is 1. The Hall–Kier alpha value is -2.19. The van der Waals surface area contributed by atoms with Crippen LogP contribution in [0.1, 0.15) is 24.0 Å². The molecule has 0 atom stereocenters. The number of pyridine rings is 1. The number of nitrogens with zero attached hydrogens (tertiary/aromatic N) is 3. The van der Waals surface area contributed by atoms with Crippen LogP contribution in [0.5, 0.6) is 0 Å². The third kappa shape index (κ3) is 4.26. The van der Waals surface area contributed by atoms with Gasteiger partial charge >= 0.3 is 5.97 Å². The number of hydrogen-bond acceptors (Lipinski definition) is 7. The van der Waals surface area contributed by atoms with Gasteiger partial charge in [0.1, 0.15) is 5.65 Å². The van der Waals surface area contributed by atoms with Crippen LogP contribution in [-0.4, -0.2) is 26.9 Å². The van der Waals surface area contributed by atoms with Crippen LogP contribution >= 0.6 is 23.1 Å². The summed E-state index contributed by atoms with van der Waals surface area (Å²) in [5, 5.41) is 1.85. The lowest BCUT2D eigenvalue weighted by molar-refractivity contribution is -0.142. The van der Waals surface area contributed by atoms with E-state index < -0.39 is 0 Å². The minimum atomic E-state index is -0.274. The Morgan fingerprint density at radius 3 is 2.96 bits per heavy atom. The Bertz CT molecular complexity index is 965. The van der Waals surface area contributed by atoms with Gasteiger partial charge in [-0.05, 0) is 26.0 Å². The number of ether oxygens (including phenoxy) is 1. The van der Waals surface area contributed by atoms with E-state index in [1.54, 1.807) is 17.4 Å². The fraction of sp³-hybridized carbons (Fsp3) is 0.294. The van der Waals surface area contributed by atoms with Gasteiger partial charge in [-0.1, -0.05) is 17.8 Å². The van der Waals surface area contributed by atoms with Crippen molar-refractivity contribution in [1.29, 1.82) is 0 Å². The predicted molar refractivity (Wildman–Crippen MR) is 98.2 cm³/mol. The highest BCUT2D eigenvalue weighted by Gasteiger charge is 2.10. The second-order valence-electron chi connectivity index (χ2n) is 5.32. The number of aromatic nitrogens is 3. The molecule has 25 heavy (non-hydrogen) atoms. The van der Waals surface area contributed by atoms with E-state index in [0.717, 1.165) is 10.0 Å². The van der Waals surface area contributed by atoms with E-state index in [-0.39, 0.29) is 17.9 Å². The molecule has 0 aliphatic carbocycles. The van der Waals surface area contributed by atoms with Crippen molar-refractivity contribution in [2.24, 2.45) is 0 Å². The second-order valence-corrected chi connectivity index (χ2v) is 7.40. The average Bonchev–Trinajstić information content (AvgIpc) is 3.00. The lowest BCUT2D eigenvalue weighted by Crippen LogP contribution is -2.17. The van der Waals surface area contributed by atoms with E-state index in [1.165, 1.54) is 23.1 Å². The van der Waals surface area contributed by atoms with Crippen LogP contribution in [0.15, 0.2) is 38.8 Å². The van der Waals surface area contributed by atoms with Crippen LogP contribution in [0.2, 0.25) is 0 Å². The molecule has 3 aromatic rings. The smallest absolute Gasteiger partial charge is 0.311 e. The summed E-state index contributed by atoms with van der Waals surface area (Å²) < 4.78 is 7.35. The first-order valence-electron chi connectivity index (χ1n) is 7.78. The molecule has 8 heteroatoms. The van der Waals surface area contributed by atoms with Gasteiger partial charge < -0.3 is 4.74 Å². The minimum Gasteiger partial charge on any atom is -0.466 e. The Morgan fingerprint density at radius 1 is 1.32 bits per heavy atom. The van der Waals surface area contributed by atoms with Gasteiger partial charge in [-0.2, -0.15) is 0 Å². The molecule has 0 saturated heterocycles. The molecule has 3 rings (SSSR count). The number of thioether (sulfide) groups is 1. The Labute approximate surface area is 152 Å². The van der Waals surface area contributed by atoms with Crippen molar-refractivity contribution in [1.82, 2.24) is 14.4 Å². The normalized spacial score (nSPS) is 11.0. The number of fused-ring (bicyclic) bond motifs is 1. The van der Waals surface area contributed by atoms with Crippen molar-refractivity contribution in [3.63, 3.8) is 0 Å². The molecule has 0 fully saturated rings. The highest BCUT2D eigenvalue weighted by molar-refractivity contribution is 8.00. The number of rotatable bonds is 6. The fourth-order valence-corrected chi connectivity index (χ4v) is 4.11. The van der Waals surface area contributed by atoms with Crippen LogP contribution in [0.25, 0.3) is 5.65 Å². The number of esters is 1. The highest BCUT2D eigenvalue weighted by Crippen LogP contribution is 2.25. The first kappa shape index (κ1) is 17.6. The van der Waals surface area contributed by atoms with Crippen molar-refractivity contribution in [2.45, 2.75) is 30.4 Å². The summed E-state index contributed by atoms with van der Waals surface area (Å²) >= 11 is 2.97.